The van der Waals surface area contributed by atoms with Gasteiger partial charge in [-0.2, -0.15) is 0 Å². The average Bonchev–Trinajstić information content (AvgIpc) is 2.28. The van der Waals surface area contributed by atoms with E-state index in [0.717, 1.165) is 45.4 Å². The third-order valence-electron chi connectivity index (χ3n) is 3.78. The summed E-state index contributed by atoms with van der Waals surface area (Å²) in [5, 5.41) is 12.3. The van der Waals surface area contributed by atoms with Crippen LogP contribution in [-0.4, -0.2) is 61.4 Å². The first-order chi connectivity index (χ1) is 8.63. The Bertz CT molecular complexity index is 273. The molecule has 0 radical (unpaired) electrons. The first kappa shape index (κ1) is 13.8. The Morgan fingerprint density at radius 2 is 2.06 bits per heavy atom. The number of aliphatic hydroxyl groups is 1. The van der Waals surface area contributed by atoms with E-state index in [0.29, 0.717) is 12.5 Å². The summed E-state index contributed by atoms with van der Waals surface area (Å²) in [4.78, 5) is 13.9. The number of nitrogens with one attached hydrogen (secondary N) is 1. The van der Waals surface area contributed by atoms with Crippen molar-refractivity contribution in [2.24, 2.45) is 5.92 Å². The van der Waals surface area contributed by atoms with Crippen molar-refractivity contribution in [1.82, 2.24) is 10.2 Å². The molecule has 0 unspecified atom stereocenters. The van der Waals surface area contributed by atoms with Crippen LogP contribution in [0.3, 0.4) is 0 Å². The van der Waals surface area contributed by atoms with Crippen LogP contribution in [-0.2, 0) is 9.53 Å². The van der Waals surface area contributed by atoms with Gasteiger partial charge in [-0.05, 0) is 38.6 Å². The Morgan fingerprint density at radius 3 is 2.67 bits per heavy atom. The van der Waals surface area contributed by atoms with Crippen molar-refractivity contribution in [3.05, 3.63) is 0 Å². The average molecular weight is 256 g/mol. The number of likely N-dealkylation sites (N-methyl/N-ethyl adjacent to an activating group) is 1. The molecule has 5 nitrogen and oxygen atoms in total. The van der Waals surface area contributed by atoms with Gasteiger partial charge in [-0.15, -0.1) is 0 Å². The third-order valence-corrected chi connectivity index (χ3v) is 3.78. The fourth-order valence-electron chi connectivity index (χ4n) is 2.72. The SMILES string of the molecule is CN(CC(=O)NC1CCOCC1)CC1CC(O)C1. The summed E-state index contributed by atoms with van der Waals surface area (Å²) in [5.74, 6) is 0.658. The Morgan fingerprint density at radius 1 is 1.39 bits per heavy atom. The van der Waals surface area contributed by atoms with E-state index in [1.807, 2.05) is 11.9 Å². The molecule has 5 heteroatoms. The summed E-state index contributed by atoms with van der Waals surface area (Å²) in [6.07, 6.45) is 3.49. The molecule has 0 aromatic rings. The van der Waals surface area contributed by atoms with E-state index < -0.39 is 0 Å². The summed E-state index contributed by atoms with van der Waals surface area (Å²) in [6, 6.07) is 0.283. The zero-order valence-electron chi connectivity index (χ0n) is 11.1. The Labute approximate surface area is 108 Å². The monoisotopic (exact) mass is 256 g/mol. The van der Waals surface area contributed by atoms with Gasteiger partial charge in [-0.25, -0.2) is 0 Å². The molecule has 104 valence electrons. The second kappa shape index (κ2) is 6.50. The maximum Gasteiger partial charge on any atom is 0.234 e. The van der Waals surface area contributed by atoms with Gasteiger partial charge in [-0.1, -0.05) is 0 Å². The maximum atomic E-state index is 11.8. The second-order valence-corrected chi connectivity index (χ2v) is 5.64. The standard InChI is InChI=1S/C13H24N2O3/c1-15(8-10-6-12(16)7-10)9-13(17)14-11-2-4-18-5-3-11/h10-12,16H,2-9H2,1H3,(H,14,17). The van der Waals surface area contributed by atoms with Crippen molar-refractivity contribution in [3.8, 4) is 0 Å². The molecule has 0 atom stereocenters. The lowest BCUT2D eigenvalue weighted by Crippen LogP contribution is -2.45. The van der Waals surface area contributed by atoms with Gasteiger partial charge in [0, 0.05) is 25.8 Å². The lowest BCUT2D eigenvalue weighted by Gasteiger charge is -2.34. The molecule has 1 saturated heterocycles. The van der Waals surface area contributed by atoms with Crippen LogP contribution in [0.2, 0.25) is 0 Å². The highest BCUT2D eigenvalue weighted by atomic mass is 16.5. The van der Waals surface area contributed by atoms with E-state index in [1.165, 1.54) is 0 Å². The predicted octanol–water partition coefficient (Wildman–Crippen LogP) is -0.0157. The van der Waals surface area contributed by atoms with E-state index in [-0.39, 0.29) is 18.1 Å². The first-order valence-electron chi connectivity index (χ1n) is 6.87. The summed E-state index contributed by atoms with van der Waals surface area (Å²) in [7, 11) is 1.97. The number of carbonyl (C=O) groups excluding carboxylic acids is 1. The van der Waals surface area contributed by atoms with Crippen LogP contribution in [0, 0.1) is 5.92 Å². The number of carbonyl (C=O) groups is 1. The van der Waals surface area contributed by atoms with Crippen LogP contribution in [0.4, 0.5) is 0 Å². The number of nitrogens with zero attached hydrogens (tertiary/aromatic N) is 1. The molecule has 0 bridgehead atoms. The Balaban J connectivity index is 1.60. The fraction of sp³-hybridized carbons (Fsp3) is 0.923. The molecular weight excluding hydrogens is 232 g/mol. The Hall–Kier alpha value is -0.650. The minimum atomic E-state index is -0.112. The highest BCUT2D eigenvalue weighted by Gasteiger charge is 2.28. The van der Waals surface area contributed by atoms with Crippen LogP contribution in [0.1, 0.15) is 25.7 Å². The van der Waals surface area contributed by atoms with E-state index in [2.05, 4.69) is 5.32 Å². The van der Waals surface area contributed by atoms with Gasteiger partial charge in [0.15, 0.2) is 0 Å². The van der Waals surface area contributed by atoms with Crippen molar-refractivity contribution in [1.29, 1.82) is 0 Å². The zero-order valence-corrected chi connectivity index (χ0v) is 11.1. The fourth-order valence-corrected chi connectivity index (χ4v) is 2.72. The summed E-state index contributed by atoms with van der Waals surface area (Å²) < 4.78 is 5.26. The molecule has 1 amide bonds. The van der Waals surface area contributed by atoms with E-state index in [4.69, 9.17) is 4.74 Å². The molecule has 2 aliphatic rings. The van der Waals surface area contributed by atoms with Crippen molar-refractivity contribution < 1.29 is 14.6 Å². The van der Waals surface area contributed by atoms with Gasteiger partial charge < -0.3 is 15.2 Å². The van der Waals surface area contributed by atoms with Crippen molar-refractivity contribution in [3.63, 3.8) is 0 Å². The van der Waals surface area contributed by atoms with E-state index in [1.54, 1.807) is 0 Å². The molecule has 1 aliphatic heterocycles. The molecule has 0 aromatic carbocycles. The van der Waals surface area contributed by atoms with Gasteiger partial charge in [0.05, 0.1) is 12.6 Å². The quantitative estimate of drug-likeness (QED) is 0.726. The van der Waals surface area contributed by atoms with Crippen LogP contribution in [0.25, 0.3) is 0 Å². The summed E-state index contributed by atoms with van der Waals surface area (Å²) in [5.41, 5.74) is 0. The second-order valence-electron chi connectivity index (χ2n) is 5.64. The summed E-state index contributed by atoms with van der Waals surface area (Å²) in [6.45, 7) is 2.85. The first-order valence-corrected chi connectivity index (χ1v) is 6.87. The van der Waals surface area contributed by atoms with Crippen LogP contribution < -0.4 is 5.32 Å². The normalized spacial score (nSPS) is 29.1. The molecule has 1 heterocycles. The molecular formula is C13H24N2O3. The van der Waals surface area contributed by atoms with E-state index >= 15 is 0 Å². The van der Waals surface area contributed by atoms with E-state index in [9.17, 15) is 9.90 Å². The highest BCUT2D eigenvalue weighted by Crippen LogP contribution is 2.27. The maximum absolute atomic E-state index is 11.8. The van der Waals surface area contributed by atoms with Crippen LogP contribution >= 0.6 is 0 Å². The predicted molar refractivity (Wildman–Crippen MR) is 68.2 cm³/mol. The molecule has 18 heavy (non-hydrogen) atoms. The number of ether oxygens (including phenoxy) is 1. The van der Waals surface area contributed by atoms with Gasteiger partial charge in [0.1, 0.15) is 0 Å². The largest absolute Gasteiger partial charge is 0.393 e. The van der Waals surface area contributed by atoms with Gasteiger partial charge in [0.2, 0.25) is 5.91 Å². The molecule has 2 N–H and O–H groups in total. The smallest absolute Gasteiger partial charge is 0.234 e. The topological polar surface area (TPSA) is 61.8 Å². The lowest BCUT2D eigenvalue weighted by molar-refractivity contribution is -0.123. The van der Waals surface area contributed by atoms with Gasteiger partial charge in [-0.3, -0.25) is 9.69 Å². The molecule has 2 rings (SSSR count). The van der Waals surface area contributed by atoms with Gasteiger partial charge in [0.25, 0.3) is 0 Å². The zero-order chi connectivity index (χ0) is 13.0. The lowest BCUT2D eigenvalue weighted by atomic mass is 9.82. The number of amides is 1. The number of rotatable bonds is 5. The van der Waals surface area contributed by atoms with Crippen LogP contribution in [0.5, 0.6) is 0 Å². The molecule has 1 aliphatic carbocycles. The van der Waals surface area contributed by atoms with Gasteiger partial charge >= 0.3 is 0 Å². The molecule has 1 saturated carbocycles. The van der Waals surface area contributed by atoms with Crippen molar-refractivity contribution in [2.75, 3.05) is 33.4 Å². The minimum absolute atomic E-state index is 0.101. The van der Waals surface area contributed by atoms with Crippen molar-refractivity contribution in [2.45, 2.75) is 37.8 Å². The summed E-state index contributed by atoms with van der Waals surface area (Å²) >= 11 is 0. The highest BCUT2D eigenvalue weighted by molar-refractivity contribution is 5.78. The molecule has 0 spiro atoms. The molecule has 0 aromatic heterocycles. The van der Waals surface area contributed by atoms with Crippen LogP contribution in [0.15, 0.2) is 0 Å². The Kier molecular flexibility index (Phi) is 4.97. The number of aliphatic hydroxyl groups excluding tert-OH is 1. The number of hydrogen-bond donors (Lipinski definition) is 2. The van der Waals surface area contributed by atoms with Crippen molar-refractivity contribution >= 4 is 5.91 Å². The minimum Gasteiger partial charge on any atom is -0.393 e. The third kappa shape index (κ3) is 4.23. The number of hydrogen-bond acceptors (Lipinski definition) is 4. The molecule has 2 fully saturated rings.